The minimum atomic E-state index is -4.97. The van der Waals surface area contributed by atoms with Gasteiger partial charge in [-0.2, -0.15) is 18.3 Å². The second kappa shape index (κ2) is 12.7. The molecule has 3 heterocycles. The van der Waals surface area contributed by atoms with Gasteiger partial charge in [0.05, 0.1) is 36.9 Å². The molecule has 0 unspecified atom stereocenters. The molecule has 0 aliphatic heterocycles. The van der Waals surface area contributed by atoms with Gasteiger partial charge in [-0.3, -0.25) is 9.59 Å². The van der Waals surface area contributed by atoms with Crippen molar-refractivity contribution in [3.8, 4) is 22.9 Å². The van der Waals surface area contributed by atoms with Crippen molar-refractivity contribution in [3.63, 3.8) is 0 Å². The zero-order valence-electron chi connectivity index (χ0n) is 24.7. The van der Waals surface area contributed by atoms with Crippen LogP contribution >= 0.6 is 0 Å². The molecule has 1 aliphatic carbocycles. The lowest BCUT2D eigenvalue weighted by Gasteiger charge is -2.30. The Bertz CT molecular complexity index is 1980. The summed E-state index contributed by atoms with van der Waals surface area (Å²) in [4.78, 5) is 34.5. The highest BCUT2D eigenvalue weighted by atomic mass is 19.4. The summed E-state index contributed by atoms with van der Waals surface area (Å²) in [5.74, 6) is -0.571. The topological polar surface area (TPSA) is 101 Å². The van der Waals surface area contributed by atoms with Crippen molar-refractivity contribution in [1.82, 2.24) is 24.3 Å². The summed E-state index contributed by atoms with van der Waals surface area (Å²) in [7, 11) is 1.49. The molecule has 6 rings (SSSR count). The second-order valence-corrected chi connectivity index (χ2v) is 11.2. The fraction of sp³-hybridized carbons (Fsp3) is 0.303. The van der Waals surface area contributed by atoms with Gasteiger partial charge in [-0.05, 0) is 78.9 Å². The first-order chi connectivity index (χ1) is 22.1. The predicted molar refractivity (Wildman–Crippen MR) is 161 cm³/mol. The zero-order valence-corrected chi connectivity index (χ0v) is 24.7. The third-order valence-corrected chi connectivity index (χ3v) is 8.14. The van der Waals surface area contributed by atoms with Gasteiger partial charge in [-0.1, -0.05) is 12.1 Å². The molecule has 13 heteroatoms. The molecule has 1 saturated carbocycles. The molecule has 1 aliphatic rings. The van der Waals surface area contributed by atoms with Crippen LogP contribution in [0.15, 0.2) is 82.9 Å². The van der Waals surface area contributed by atoms with Crippen LogP contribution in [0.1, 0.15) is 36.8 Å². The fourth-order valence-electron chi connectivity index (χ4n) is 5.87. The maximum atomic E-state index is 15.0. The summed E-state index contributed by atoms with van der Waals surface area (Å²) in [6.07, 6.45) is 2.18. The normalized spacial score (nSPS) is 16.8. The van der Waals surface area contributed by atoms with Crippen LogP contribution in [0.25, 0.3) is 22.2 Å². The van der Waals surface area contributed by atoms with E-state index in [0.717, 1.165) is 17.3 Å². The number of hydrogen-bond donors (Lipinski definition) is 0. The van der Waals surface area contributed by atoms with E-state index in [2.05, 4.69) is 15.1 Å². The first-order valence-electron chi connectivity index (χ1n) is 14.7. The van der Waals surface area contributed by atoms with Gasteiger partial charge in [0.25, 0.3) is 11.1 Å². The number of rotatable bonds is 8. The van der Waals surface area contributed by atoms with Gasteiger partial charge in [0.1, 0.15) is 11.6 Å². The maximum absolute atomic E-state index is 15.0. The molecule has 238 valence electrons. The van der Waals surface area contributed by atoms with Crippen LogP contribution in [0.4, 0.5) is 17.6 Å². The molecule has 3 aromatic heterocycles. The van der Waals surface area contributed by atoms with Crippen molar-refractivity contribution in [3.05, 3.63) is 111 Å². The quantitative estimate of drug-likeness (QED) is 0.197. The first kappa shape index (κ1) is 30.9. The molecule has 0 bridgehead atoms. The number of fused-ring (bicyclic) bond motifs is 1. The van der Waals surface area contributed by atoms with Crippen LogP contribution in [-0.2, 0) is 19.3 Å². The number of alkyl halides is 3. The molecule has 0 amide bonds. The average molecular weight is 636 g/mol. The Kier molecular flexibility index (Phi) is 8.57. The predicted octanol–water partition coefficient (Wildman–Crippen LogP) is 5.87. The SMILES string of the molecule is COc1ccc(Cn2ncc(O[C@H]3CCC[C@@H](Cn4ccc5cc(-c6ncccn6)c(F)cc5c4=O)C3)c(C(F)(F)F)c2=O)cc1. The van der Waals surface area contributed by atoms with E-state index in [-0.39, 0.29) is 41.3 Å². The van der Waals surface area contributed by atoms with Crippen molar-refractivity contribution >= 4 is 10.8 Å². The van der Waals surface area contributed by atoms with E-state index in [1.165, 1.54) is 36.2 Å². The number of methoxy groups -OCH3 is 1. The highest BCUT2D eigenvalue weighted by Gasteiger charge is 2.40. The molecule has 9 nitrogen and oxygen atoms in total. The Hall–Kier alpha value is -5.07. The van der Waals surface area contributed by atoms with E-state index >= 15 is 0 Å². The monoisotopic (exact) mass is 635 g/mol. The van der Waals surface area contributed by atoms with Crippen LogP contribution in [0, 0.1) is 11.7 Å². The Morgan fingerprint density at radius 3 is 2.48 bits per heavy atom. The van der Waals surface area contributed by atoms with Crippen molar-refractivity contribution in [2.45, 2.75) is 51.1 Å². The lowest BCUT2D eigenvalue weighted by molar-refractivity contribution is -0.141. The van der Waals surface area contributed by atoms with Crippen LogP contribution in [0.5, 0.6) is 11.5 Å². The van der Waals surface area contributed by atoms with E-state index in [1.54, 1.807) is 42.6 Å². The lowest BCUT2D eigenvalue weighted by Crippen LogP contribution is -2.34. The smallest absolute Gasteiger partial charge is 0.425 e. The molecule has 46 heavy (non-hydrogen) atoms. The summed E-state index contributed by atoms with van der Waals surface area (Å²) in [5, 5.41) is 4.70. The highest BCUT2D eigenvalue weighted by molar-refractivity contribution is 5.85. The molecule has 2 aromatic carbocycles. The summed E-state index contributed by atoms with van der Waals surface area (Å²) < 4.78 is 70.6. The van der Waals surface area contributed by atoms with Gasteiger partial charge >= 0.3 is 6.18 Å². The van der Waals surface area contributed by atoms with E-state index in [1.807, 2.05) is 0 Å². The van der Waals surface area contributed by atoms with E-state index in [4.69, 9.17) is 9.47 Å². The standard InChI is InChI=1S/C33H29F4N5O4/c1-45-23-8-6-20(7-9-23)19-42-32(44)29(33(35,36)37)28(17-40-42)46-24-5-2-4-21(14-24)18-41-13-10-22-15-26(30-38-11-3-12-39-30)27(34)16-25(22)31(41)43/h3,6-13,15-17,21,24H,2,4-5,14,18-19H2,1H3/t21-,24+/m1/s1. The number of hydrogen-bond acceptors (Lipinski definition) is 7. The minimum absolute atomic E-state index is 0.103. The molecule has 0 radical (unpaired) electrons. The second-order valence-electron chi connectivity index (χ2n) is 11.2. The van der Waals surface area contributed by atoms with Gasteiger partial charge in [-0.15, -0.1) is 0 Å². The van der Waals surface area contributed by atoms with Crippen LogP contribution in [0.2, 0.25) is 0 Å². The highest BCUT2D eigenvalue weighted by Crippen LogP contribution is 2.36. The third-order valence-electron chi connectivity index (χ3n) is 8.14. The van der Waals surface area contributed by atoms with Gasteiger partial charge in [0.2, 0.25) is 0 Å². The summed E-state index contributed by atoms with van der Waals surface area (Å²) in [6, 6.07) is 12.6. The molecule has 5 aromatic rings. The molecule has 2 atom stereocenters. The Balaban J connectivity index is 1.19. The maximum Gasteiger partial charge on any atom is 0.425 e. The van der Waals surface area contributed by atoms with E-state index in [9.17, 15) is 27.2 Å². The third kappa shape index (κ3) is 6.49. The molecule has 0 spiro atoms. The molecule has 0 saturated heterocycles. The summed E-state index contributed by atoms with van der Waals surface area (Å²) >= 11 is 0. The summed E-state index contributed by atoms with van der Waals surface area (Å²) in [5.41, 5.74) is -2.34. The Morgan fingerprint density at radius 2 is 1.76 bits per heavy atom. The van der Waals surface area contributed by atoms with Crippen LogP contribution in [-0.4, -0.2) is 37.5 Å². The Morgan fingerprint density at radius 1 is 1.00 bits per heavy atom. The molecular formula is C33H29F4N5O4. The number of halogens is 4. The van der Waals surface area contributed by atoms with Crippen molar-refractivity contribution in [1.29, 1.82) is 0 Å². The van der Waals surface area contributed by atoms with Gasteiger partial charge < -0.3 is 14.0 Å². The van der Waals surface area contributed by atoms with Crippen LogP contribution < -0.4 is 20.6 Å². The van der Waals surface area contributed by atoms with Gasteiger partial charge in [-0.25, -0.2) is 19.0 Å². The zero-order chi connectivity index (χ0) is 32.4. The van der Waals surface area contributed by atoms with Crippen LogP contribution in [0.3, 0.4) is 0 Å². The number of aromatic nitrogens is 5. The first-order valence-corrected chi connectivity index (χ1v) is 14.7. The number of benzene rings is 2. The molecule has 0 N–H and O–H groups in total. The lowest BCUT2D eigenvalue weighted by atomic mass is 9.87. The summed E-state index contributed by atoms with van der Waals surface area (Å²) in [6.45, 7) is 0.108. The number of pyridine rings is 1. The van der Waals surface area contributed by atoms with Gasteiger partial charge in [0.15, 0.2) is 17.1 Å². The Labute approximate surface area is 260 Å². The number of nitrogens with zero attached hydrogens (tertiary/aromatic N) is 5. The van der Waals surface area contributed by atoms with Crippen molar-refractivity contribution in [2.24, 2.45) is 5.92 Å². The molecule has 1 fully saturated rings. The van der Waals surface area contributed by atoms with E-state index < -0.39 is 35.0 Å². The minimum Gasteiger partial charge on any atom is -0.497 e. The number of ether oxygens (including phenoxy) is 2. The van der Waals surface area contributed by atoms with E-state index in [0.29, 0.717) is 36.0 Å². The van der Waals surface area contributed by atoms with Gasteiger partial charge in [0, 0.05) is 25.1 Å². The largest absolute Gasteiger partial charge is 0.497 e. The average Bonchev–Trinajstić information content (AvgIpc) is 3.04. The fourth-order valence-corrected chi connectivity index (χ4v) is 5.87. The molecular weight excluding hydrogens is 606 g/mol. The van der Waals surface area contributed by atoms with Crippen molar-refractivity contribution < 1.29 is 27.0 Å². The van der Waals surface area contributed by atoms with Crippen molar-refractivity contribution in [2.75, 3.05) is 7.11 Å².